The van der Waals surface area contributed by atoms with E-state index in [0.29, 0.717) is 22.9 Å². The number of ketones is 1. The minimum atomic E-state index is -0.657. The van der Waals surface area contributed by atoms with Gasteiger partial charge in [0.15, 0.2) is 6.61 Å². The van der Waals surface area contributed by atoms with Gasteiger partial charge >= 0.3 is 5.97 Å². The number of aryl methyl sites for hydroxylation is 1. The first kappa shape index (κ1) is 20.7. The van der Waals surface area contributed by atoms with Crippen LogP contribution in [0.2, 0.25) is 5.02 Å². The lowest BCUT2D eigenvalue weighted by molar-refractivity contribution is 0.0471. The number of hydrogen-bond acceptors (Lipinski definition) is 4. The largest absolute Gasteiger partial charge is 0.496 e. The fraction of sp³-hybridized carbons (Fsp3) is 0.217. The van der Waals surface area contributed by atoms with E-state index in [2.05, 4.69) is 4.57 Å². The van der Waals surface area contributed by atoms with Gasteiger partial charge in [-0.15, -0.1) is 0 Å². The highest BCUT2D eigenvalue weighted by Gasteiger charge is 2.20. The summed E-state index contributed by atoms with van der Waals surface area (Å²) < 4.78 is 12.5. The van der Waals surface area contributed by atoms with Crippen LogP contribution in [0.3, 0.4) is 0 Å². The van der Waals surface area contributed by atoms with Gasteiger partial charge in [0.05, 0.1) is 7.11 Å². The Balaban J connectivity index is 1.72. The second kappa shape index (κ2) is 8.97. The van der Waals surface area contributed by atoms with Crippen molar-refractivity contribution in [2.24, 2.45) is 0 Å². The molecule has 1 heterocycles. The van der Waals surface area contributed by atoms with Crippen molar-refractivity contribution in [3.05, 3.63) is 87.7 Å². The van der Waals surface area contributed by atoms with E-state index in [1.54, 1.807) is 12.1 Å². The average Bonchev–Trinajstić information content (AvgIpc) is 3.00. The number of rotatable bonds is 7. The van der Waals surface area contributed by atoms with E-state index in [9.17, 15) is 9.59 Å². The molecule has 1 aromatic heterocycles. The Morgan fingerprint density at radius 2 is 1.72 bits per heavy atom. The molecule has 6 heteroatoms. The van der Waals surface area contributed by atoms with Crippen LogP contribution in [0.5, 0.6) is 5.75 Å². The van der Waals surface area contributed by atoms with Crippen molar-refractivity contribution >= 4 is 23.4 Å². The van der Waals surface area contributed by atoms with Crippen LogP contribution in [0.4, 0.5) is 0 Å². The number of hydrogen-bond donors (Lipinski definition) is 0. The first-order valence-electron chi connectivity index (χ1n) is 9.15. The monoisotopic (exact) mass is 411 g/mol. The number of nitrogens with zero attached hydrogens (tertiary/aromatic N) is 1. The molecule has 0 aliphatic heterocycles. The highest BCUT2D eigenvalue weighted by atomic mass is 35.5. The summed E-state index contributed by atoms with van der Waals surface area (Å²) in [5.41, 5.74) is 3.68. The van der Waals surface area contributed by atoms with E-state index in [1.807, 2.05) is 50.2 Å². The normalized spacial score (nSPS) is 10.6. The van der Waals surface area contributed by atoms with Gasteiger partial charge < -0.3 is 14.0 Å². The van der Waals surface area contributed by atoms with Crippen LogP contribution in [0, 0.1) is 13.8 Å². The maximum absolute atomic E-state index is 12.7. The zero-order chi connectivity index (χ0) is 21.0. The van der Waals surface area contributed by atoms with E-state index >= 15 is 0 Å². The van der Waals surface area contributed by atoms with Crippen LogP contribution in [-0.2, 0) is 11.3 Å². The SMILES string of the molecule is COc1ccc(Cl)cc1C(=O)OCC(=O)c1cc(C)n(Cc2ccccc2)c1C. The molecular weight excluding hydrogens is 390 g/mol. The first-order chi connectivity index (χ1) is 13.9. The number of methoxy groups -OCH3 is 1. The third-order valence-electron chi connectivity index (χ3n) is 4.77. The second-order valence-electron chi connectivity index (χ2n) is 6.70. The van der Waals surface area contributed by atoms with Crippen LogP contribution >= 0.6 is 11.6 Å². The lowest BCUT2D eigenvalue weighted by Gasteiger charge is -2.10. The van der Waals surface area contributed by atoms with Crippen molar-refractivity contribution in [3.63, 3.8) is 0 Å². The van der Waals surface area contributed by atoms with Gasteiger partial charge in [-0.25, -0.2) is 4.79 Å². The van der Waals surface area contributed by atoms with Gasteiger partial charge in [-0.1, -0.05) is 41.9 Å². The summed E-state index contributed by atoms with van der Waals surface area (Å²) >= 11 is 5.95. The Labute approximate surface area is 174 Å². The summed E-state index contributed by atoms with van der Waals surface area (Å²) in [6.07, 6.45) is 0. The van der Waals surface area contributed by atoms with Crippen LogP contribution in [0.15, 0.2) is 54.6 Å². The summed E-state index contributed by atoms with van der Waals surface area (Å²) in [5.74, 6) is -0.574. The molecular formula is C23H22ClNO4. The standard InChI is InChI=1S/C23H22ClNO4/c1-15-11-19(16(2)25(15)13-17-7-5-4-6-8-17)21(26)14-29-23(27)20-12-18(24)9-10-22(20)28-3/h4-12H,13-14H2,1-3H3. The quantitative estimate of drug-likeness (QED) is 0.411. The molecule has 3 aromatic rings. The molecule has 3 rings (SSSR count). The maximum atomic E-state index is 12.7. The Hall–Kier alpha value is -3.05. The molecule has 0 aliphatic carbocycles. The Morgan fingerprint density at radius 1 is 1.00 bits per heavy atom. The van der Waals surface area contributed by atoms with Crippen molar-refractivity contribution in [1.82, 2.24) is 4.57 Å². The lowest BCUT2D eigenvalue weighted by atomic mass is 10.1. The summed E-state index contributed by atoms with van der Waals surface area (Å²) in [5, 5.41) is 0.383. The van der Waals surface area contributed by atoms with Gasteiger partial charge in [0.2, 0.25) is 5.78 Å². The number of carbonyl (C=O) groups excluding carboxylic acids is 2. The second-order valence-corrected chi connectivity index (χ2v) is 7.14. The summed E-state index contributed by atoms with van der Waals surface area (Å²) in [4.78, 5) is 25.1. The Bertz CT molecular complexity index is 1040. The zero-order valence-electron chi connectivity index (χ0n) is 16.6. The maximum Gasteiger partial charge on any atom is 0.342 e. The molecule has 150 valence electrons. The van der Waals surface area contributed by atoms with Gasteiger partial charge in [0.1, 0.15) is 11.3 Å². The van der Waals surface area contributed by atoms with Crippen LogP contribution in [-0.4, -0.2) is 30.0 Å². The third kappa shape index (κ3) is 4.69. The van der Waals surface area contributed by atoms with Crippen LogP contribution in [0.1, 0.15) is 37.7 Å². The van der Waals surface area contributed by atoms with Crippen molar-refractivity contribution in [2.75, 3.05) is 13.7 Å². The van der Waals surface area contributed by atoms with Crippen molar-refractivity contribution in [1.29, 1.82) is 0 Å². The van der Waals surface area contributed by atoms with E-state index in [-0.39, 0.29) is 18.0 Å². The number of aromatic nitrogens is 1. The molecule has 0 aliphatic rings. The van der Waals surface area contributed by atoms with Gasteiger partial charge in [-0.3, -0.25) is 4.79 Å². The number of carbonyl (C=O) groups is 2. The topological polar surface area (TPSA) is 57.5 Å². The van der Waals surface area contributed by atoms with E-state index in [1.165, 1.54) is 13.2 Å². The number of Topliss-reactive ketones (excluding diaryl/α,β-unsaturated/α-hetero) is 1. The predicted molar refractivity (Wildman–Crippen MR) is 112 cm³/mol. The highest BCUT2D eigenvalue weighted by molar-refractivity contribution is 6.31. The minimum Gasteiger partial charge on any atom is -0.496 e. The summed E-state index contributed by atoms with van der Waals surface area (Å²) in [6, 6.07) is 16.5. The molecule has 0 atom stereocenters. The van der Waals surface area contributed by atoms with Gasteiger partial charge in [-0.2, -0.15) is 0 Å². The molecule has 0 bridgehead atoms. The summed E-state index contributed by atoms with van der Waals surface area (Å²) in [7, 11) is 1.45. The number of benzene rings is 2. The molecule has 29 heavy (non-hydrogen) atoms. The minimum absolute atomic E-state index is 0.183. The van der Waals surface area contributed by atoms with Crippen LogP contribution in [0.25, 0.3) is 0 Å². The van der Waals surface area contributed by atoms with Crippen molar-refractivity contribution in [3.8, 4) is 5.75 Å². The van der Waals surface area contributed by atoms with Gasteiger partial charge in [-0.05, 0) is 43.7 Å². The molecule has 0 fully saturated rings. The molecule has 0 radical (unpaired) electrons. The molecule has 0 saturated heterocycles. The predicted octanol–water partition coefficient (Wildman–Crippen LogP) is 4.85. The van der Waals surface area contributed by atoms with Crippen LogP contribution < -0.4 is 4.74 Å². The molecule has 0 unspecified atom stereocenters. The van der Waals surface area contributed by atoms with Crippen molar-refractivity contribution < 1.29 is 19.1 Å². The lowest BCUT2D eigenvalue weighted by Crippen LogP contribution is -2.16. The molecule has 2 aromatic carbocycles. The molecule has 5 nitrogen and oxygen atoms in total. The number of halogens is 1. The third-order valence-corrected chi connectivity index (χ3v) is 5.01. The molecule has 0 saturated carbocycles. The smallest absolute Gasteiger partial charge is 0.342 e. The Kier molecular flexibility index (Phi) is 6.39. The number of ether oxygens (including phenoxy) is 2. The Morgan fingerprint density at radius 3 is 2.41 bits per heavy atom. The van der Waals surface area contributed by atoms with Gasteiger partial charge in [0, 0.05) is 28.5 Å². The van der Waals surface area contributed by atoms with Gasteiger partial charge in [0.25, 0.3) is 0 Å². The first-order valence-corrected chi connectivity index (χ1v) is 9.53. The fourth-order valence-corrected chi connectivity index (χ4v) is 3.39. The fourth-order valence-electron chi connectivity index (χ4n) is 3.22. The van der Waals surface area contributed by atoms with E-state index in [0.717, 1.165) is 17.0 Å². The number of esters is 1. The molecule has 0 spiro atoms. The highest BCUT2D eigenvalue weighted by Crippen LogP contribution is 2.24. The zero-order valence-corrected chi connectivity index (χ0v) is 17.3. The van der Waals surface area contributed by atoms with Crippen molar-refractivity contribution in [2.45, 2.75) is 20.4 Å². The average molecular weight is 412 g/mol. The van der Waals surface area contributed by atoms with E-state index < -0.39 is 5.97 Å². The molecule has 0 amide bonds. The van der Waals surface area contributed by atoms with E-state index in [4.69, 9.17) is 21.1 Å². The molecule has 0 N–H and O–H groups in total. The summed E-state index contributed by atoms with van der Waals surface area (Å²) in [6.45, 7) is 4.16.